The normalized spacial score (nSPS) is 11.1. The summed E-state index contributed by atoms with van der Waals surface area (Å²) in [4.78, 5) is 4.62. The van der Waals surface area contributed by atoms with Gasteiger partial charge in [-0.25, -0.2) is 4.98 Å². The summed E-state index contributed by atoms with van der Waals surface area (Å²) < 4.78 is 5.94. The van der Waals surface area contributed by atoms with E-state index in [0.29, 0.717) is 11.5 Å². The molecule has 8 aromatic rings. The number of nitriles is 1. The Morgan fingerprint density at radius 2 is 0.822 bits per heavy atom. The molecule has 0 unspecified atom stereocenters. The number of aromatic nitrogens is 1. The predicted molar refractivity (Wildman–Crippen MR) is 183 cm³/mol. The molecule has 0 spiro atoms. The van der Waals surface area contributed by atoms with E-state index in [0.717, 1.165) is 33.4 Å². The lowest BCUT2D eigenvalue weighted by atomic mass is 9.95. The van der Waals surface area contributed by atoms with Crippen LogP contribution in [0.2, 0.25) is 0 Å². The number of fused-ring (bicyclic) bond motifs is 2. The zero-order valence-corrected chi connectivity index (χ0v) is 24.3. The van der Waals surface area contributed by atoms with Gasteiger partial charge in [-0.05, 0) is 104 Å². The van der Waals surface area contributed by atoms with Crippen molar-refractivity contribution in [2.24, 2.45) is 0 Å². The second-order valence-electron chi connectivity index (χ2n) is 11.2. The fraction of sp³-hybridized carbons (Fsp3) is 0. The van der Waals surface area contributed by atoms with Crippen LogP contribution in [0.5, 0.6) is 0 Å². The van der Waals surface area contributed by atoms with Crippen molar-refractivity contribution in [3.8, 4) is 62.0 Å². The molecule has 3 heteroatoms. The van der Waals surface area contributed by atoms with E-state index in [1.807, 2.05) is 48.5 Å². The first-order valence-corrected chi connectivity index (χ1v) is 14.9. The van der Waals surface area contributed by atoms with Crippen molar-refractivity contribution >= 4 is 21.9 Å². The minimum absolute atomic E-state index is 0.638. The predicted octanol–water partition coefficient (Wildman–Crippen LogP) is 11.2. The van der Waals surface area contributed by atoms with E-state index >= 15 is 0 Å². The van der Waals surface area contributed by atoms with Gasteiger partial charge in [0.15, 0.2) is 5.58 Å². The molecular formula is C42H26N2O. The number of rotatable bonds is 5. The smallest absolute Gasteiger partial charge is 0.227 e. The third kappa shape index (κ3) is 5.16. The van der Waals surface area contributed by atoms with E-state index in [1.54, 1.807) is 0 Å². The Hall–Kier alpha value is -6.24. The Morgan fingerprint density at radius 1 is 0.422 bits per heavy atom. The van der Waals surface area contributed by atoms with Gasteiger partial charge in [0.2, 0.25) is 5.89 Å². The highest BCUT2D eigenvalue weighted by molar-refractivity contribution is 5.91. The number of benzene rings is 7. The standard InChI is InChI=1S/C42H26N2O/c43-27-28-5-7-29(8-6-28)30-9-11-31(12-10-30)32-13-15-33(16-14-32)36-21-23-39-26-37(22-24-38(39)25-36)34-17-19-35(20-18-34)42-44-40-3-1-2-4-41(40)45-42/h1-26H. The lowest BCUT2D eigenvalue weighted by molar-refractivity contribution is 0.620. The third-order valence-electron chi connectivity index (χ3n) is 8.38. The Balaban J connectivity index is 0.994. The maximum absolute atomic E-state index is 9.05. The van der Waals surface area contributed by atoms with Crippen LogP contribution in [0.25, 0.3) is 77.8 Å². The van der Waals surface area contributed by atoms with E-state index < -0.39 is 0 Å². The molecule has 0 radical (unpaired) electrons. The molecule has 8 rings (SSSR count). The maximum atomic E-state index is 9.05. The van der Waals surface area contributed by atoms with Crippen molar-refractivity contribution in [3.05, 3.63) is 163 Å². The molecule has 0 fully saturated rings. The van der Waals surface area contributed by atoms with Crippen molar-refractivity contribution in [1.29, 1.82) is 5.26 Å². The lowest BCUT2D eigenvalue weighted by Crippen LogP contribution is -1.84. The van der Waals surface area contributed by atoms with Crippen LogP contribution in [0.3, 0.4) is 0 Å². The highest BCUT2D eigenvalue weighted by Crippen LogP contribution is 2.32. The first-order valence-electron chi connectivity index (χ1n) is 14.9. The maximum Gasteiger partial charge on any atom is 0.227 e. The largest absolute Gasteiger partial charge is 0.436 e. The minimum atomic E-state index is 0.638. The topological polar surface area (TPSA) is 49.8 Å². The molecule has 0 saturated carbocycles. The molecule has 0 atom stereocenters. The molecule has 7 aromatic carbocycles. The van der Waals surface area contributed by atoms with Gasteiger partial charge in [-0.3, -0.25) is 0 Å². The molecule has 3 nitrogen and oxygen atoms in total. The molecule has 0 aliphatic carbocycles. The molecule has 1 heterocycles. The fourth-order valence-corrected chi connectivity index (χ4v) is 5.85. The van der Waals surface area contributed by atoms with Crippen LogP contribution in [0.1, 0.15) is 5.56 Å². The Morgan fingerprint density at radius 3 is 1.29 bits per heavy atom. The third-order valence-corrected chi connectivity index (χ3v) is 8.38. The summed E-state index contributed by atoms with van der Waals surface area (Å²) in [5.74, 6) is 0.638. The summed E-state index contributed by atoms with van der Waals surface area (Å²) in [6.07, 6.45) is 0. The molecule has 210 valence electrons. The van der Waals surface area contributed by atoms with E-state index in [2.05, 4.69) is 120 Å². The van der Waals surface area contributed by atoms with E-state index in [9.17, 15) is 0 Å². The van der Waals surface area contributed by atoms with E-state index in [-0.39, 0.29) is 0 Å². The van der Waals surface area contributed by atoms with Crippen LogP contribution < -0.4 is 0 Å². The average molecular weight is 575 g/mol. The second-order valence-corrected chi connectivity index (χ2v) is 11.2. The summed E-state index contributed by atoms with van der Waals surface area (Å²) in [6, 6.07) is 56.7. The van der Waals surface area contributed by atoms with Gasteiger partial charge in [0.1, 0.15) is 5.52 Å². The van der Waals surface area contributed by atoms with Crippen LogP contribution in [0, 0.1) is 11.3 Å². The van der Waals surface area contributed by atoms with Gasteiger partial charge in [-0.2, -0.15) is 5.26 Å². The average Bonchev–Trinajstić information content (AvgIpc) is 3.56. The van der Waals surface area contributed by atoms with Gasteiger partial charge in [-0.15, -0.1) is 0 Å². The van der Waals surface area contributed by atoms with Crippen molar-refractivity contribution in [2.45, 2.75) is 0 Å². The van der Waals surface area contributed by atoms with Gasteiger partial charge >= 0.3 is 0 Å². The highest BCUT2D eigenvalue weighted by atomic mass is 16.3. The first kappa shape index (κ1) is 26.4. The van der Waals surface area contributed by atoms with E-state index in [4.69, 9.17) is 9.68 Å². The fourth-order valence-electron chi connectivity index (χ4n) is 5.85. The molecular weight excluding hydrogens is 548 g/mol. The summed E-state index contributed by atoms with van der Waals surface area (Å²) in [7, 11) is 0. The molecule has 0 bridgehead atoms. The van der Waals surface area contributed by atoms with Crippen LogP contribution in [-0.2, 0) is 0 Å². The zero-order valence-electron chi connectivity index (χ0n) is 24.3. The number of hydrogen-bond acceptors (Lipinski definition) is 3. The quantitative estimate of drug-likeness (QED) is 0.205. The summed E-state index contributed by atoms with van der Waals surface area (Å²) >= 11 is 0. The molecule has 0 amide bonds. The number of nitrogens with zero attached hydrogens (tertiary/aromatic N) is 2. The van der Waals surface area contributed by atoms with Crippen LogP contribution >= 0.6 is 0 Å². The van der Waals surface area contributed by atoms with Crippen molar-refractivity contribution < 1.29 is 4.42 Å². The molecule has 1 aromatic heterocycles. The monoisotopic (exact) mass is 574 g/mol. The van der Waals surface area contributed by atoms with Crippen LogP contribution in [0.4, 0.5) is 0 Å². The van der Waals surface area contributed by atoms with E-state index in [1.165, 1.54) is 38.6 Å². The summed E-state index contributed by atoms with van der Waals surface area (Å²) in [5, 5.41) is 11.5. The highest BCUT2D eigenvalue weighted by Gasteiger charge is 2.09. The number of para-hydroxylation sites is 2. The number of hydrogen-bond donors (Lipinski definition) is 0. The van der Waals surface area contributed by atoms with Crippen LogP contribution in [0.15, 0.2) is 162 Å². The molecule has 45 heavy (non-hydrogen) atoms. The number of oxazole rings is 1. The Kier molecular flexibility index (Phi) is 6.52. The van der Waals surface area contributed by atoms with Crippen molar-refractivity contribution in [2.75, 3.05) is 0 Å². The summed E-state index contributed by atoms with van der Waals surface area (Å²) in [6.45, 7) is 0. The van der Waals surface area contributed by atoms with Gasteiger partial charge < -0.3 is 4.42 Å². The Bertz CT molecular complexity index is 2310. The Labute approximate surface area is 261 Å². The van der Waals surface area contributed by atoms with Crippen molar-refractivity contribution in [1.82, 2.24) is 4.98 Å². The SMILES string of the molecule is N#Cc1ccc(-c2ccc(-c3ccc(-c4ccc5cc(-c6ccc(-c7nc8ccccc8o7)cc6)ccc5c4)cc3)cc2)cc1. The van der Waals surface area contributed by atoms with Crippen molar-refractivity contribution in [3.63, 3.8) is 0 Å². The molecule has 0 aliphatic rings. The minimum Gasteiger partial charge on any atom is -0.436 e. The lowest BCUT2D eigenvalue weighted by Gasteiger charge is -2.09. The summed E-state index contributed by atoms with van der Waals surface area (Å²) in [5.41, 5.74) is 12.6. The van der Waals surface area contributed by atoms with Gasteiger partial charge in [0.05, 0.1) is 11.6 Å². The first-order chi connectivity index (χ1) is 22.2. The van der Waals surface area contributed by atoms with Gasteiger partial charge in [0.25, 0.3) is 0 Å². The molecule has 0 N–H and O–H groups in total. The second kappa shape index (κ2) is 11.1. The van der Waals surface area contributed by atoms with Gasteiger partial charge in [0, 0.05) is 5.56 Å². The van der Waals surface area contributed by atoms with Crippen LogP contribution in [-0.4, -0.2) is 4.98 Å². The zero-order chi connectivity index (χ0) is 30.2. The van der Waals surface area contributed by atoms with Gasteiger partial charge in [-0.1, -0.05) is 109 Å². The molecule has 0 aliphatic heterocycles. The molecule has 0 saturated heterocycles.